The Hall–Kier alpha value is 0.228. The van der Waals surface area contributed by atoms with Crippen molar-refractivity contribution in [2.75, 3.05) is 0 Å². The molecule has 1 aliphatic rings. The van der Waals surface area contributed by atoms with Crippen LogP contribution in [-0.2, 0) is 30.4 Å². The van der Waals surface area contributed by atoms with Gasteiger partial charge in [-0.1, -0.05) is 0 Å². The first kappa shape index (κ1) is 32.2. The molecule has 0 N–H and O–H groups in total. The maximum absolute atomic E-state index is 7.03. The maximum Gasteiger partial charge on any atom is -0.147 e. The zero-order valence-electron chi connectivity index (χ0n) is 21.6. The normalized spacial score (nSPS) is 13.2. The van der Waals surface area contributed by atoms with Crippen LogP contribution in [0.1, 0.15) is 69.9 Å². The topological polar surface area (TPSA) is 9.23 Å². The van der Waals surface area contributed by atoms with Crippen LogP contribution in [0.4, 0.5) is 0 Å². The summed E-state index contributed by atoms with van der Waals surface area (Å²) >= 11 is -1.70. The van der Waals surface area contributed by atoms with Crippen molar-refractivity contribution in [3.05, 3.63) is 50.6 Å². The molecule has 0 bridgehead atoms. The molecule has 183 valence electrons. The number of hydrogen-bond donors (Lipinski definition) is 0. The third-order valence-electron chi connectivity index (χ3n) is 5.95. The molecule has 0 amide bonds. The molecule has 1 aromatic rings. The zero-order valence-corrected chi connectivity index (χ0v) is 26.9. The molecular weight excluding hydrogens is 503 g/mol. The first-order valence-corrected chi connectivity index (χ1v) is 22.8. The van der Waals surface area contributed by atoms with Gasteiger partial charge in [0.2, 0.25) is 0 Å². The molecule has 6 heteroatoms. The van der Waals surface area contributed by atoms with Crippen molar-refractivity contribution in [2.45, 2.75) is 104 Å². The Kier molecular flexibility index (Phi) is 16.1. The molecule has 0 spiro atoms. The molecule has 0 unspecified atom stereocenters. The van der Waals surface area contributed by atoms with Gasteiger partial charge in [-0.25, -0.2) is 0 Å². The summed E-state index contributed by atoms with van der Waals surface area (Å²) < 4.78 is 8.80. The van der Waals surface area contributed by atoms with Gasteiger partial charge in [0.25, 0.3) is 0 Å². The summed E-state index contributed by atoms with van der Waals surface area (Å²) in [7, 11) is -1.30. The van der Waals surface area contributed by atoms with Gasteiger partial charge in [-0.15, -0.1) is 24.8 Å². The van der Waals surface area contributed by atoms with Crippen molar-refractivity contribution in [1.29, 1.82) is 0 Å². The van der Waals surface area contributed by atoms with Gasteiger partial charge in [-0.05, 0) is 0 Å². The van der Waals surface area contributed by atoms with E-state index in [0.717, 1.165) is 0 Å². The Morgan fingerprint density at radius 1 is 0.875 bits per heavy atom. The van der Waals surface area contributed by atoms with Crippen LogP contribution in [0.3, 0.4) is 0 Å². The van der Waals surface area contributed by atoms with E-state index in [1.165, 1.54) is 74.7 Å². The molecule has 0 aliphatic heterocycles. The van der Waals surface area contributed by atoms with Gasteiger partial charge in [0, 0.05) is 0 Å². The van der Waals surface area contributed by atoms with Crippen molar-refractivity contribution in [3.8, 4) is 5.75 Å². The third kappa shape index (κ3) is 10.2. The van der Waals surface area contributed by atoms with E-state index in [9.17, 15) is 0 Å². The number of hydrogen-bond acceptors (Lipinski definition) is 1. The number of unbranched alkanes of at least 4 members (excludes halogenated alkanes) is 4. The summed E-state index contributed by atoms with van der Waals surface area (Å²) in [5.41, 5.74) is 3.00. The summed E-state index contributed by atoms with van der Waals surface area (Å²) in [5, 5.41) is 1.71. The number of halogens is 2. The molecule has 0 heterocycles. The molecular formula is C26H47Cl2OSi2Ti. The van der Waals surface area contributed by atoms with Gasteiger partial charge >= 0.3 is 196 Å². The van der Waals surface area contributed by atoms with Crippen LogP contribution in [0.25, 0.3) is 0 Å². The van der Waals surface area contributed by atoms with E-state index in [-0.39, 0.29) is 24.8 Å². The molecule has 0 saturated carbocycles. The van der Waals surface area contributed by atoms with Crippen LogP contribution >= 0.6 is 24.8 Å². The molecule has 0 saturated heterocycles. The van der Waals surface area contributed by atoms with E-state index >= 15 is 0 Å². The minimum absolute atomic E-state index is 0. The predicted octanol–water partition coefficient (Wildman–Crippen LogP) is 8.98. The fraction of sp³-hybridized carbons (Fsp3) is 0.615. The van der Waals surface area contributed by atoms with Gasteiger partial charge in [-0.2, -0.15) is 0 Å². The van der Waals surface area contributed by atoms with E-state index < -0.39 is 32.3 Å². The average molecular weight is 551 g/mol. The Morgan fingerprint density at radius 3 is 1.84 bits per heavy atom. The van der Waals surface area contributed by atoms with E-state index in [1.807, 2.05) is 0 Å². The SMILES string of the molecule is CCCCCc1cc(CCCCC)cc([O][Ti]([C]2=C([Si](C)(C)C)C=CC2)[SiH](C)C)c1.Cl.Cl. The number of benzene rings is 1. The van der Waals surface area contributed by atoms with Crippen LogP contribution in [-0.4, -0.2) is 14.7 Å². The Labute approximate surface area is 219 Å². The summed E-state index contributed by atoms with van der Waals surface area (Å²) in [6.07, 6.45) is 16.2. The monoisotopic (exact) mass is 549 g/mol. The smallest absolute Gasteiger partial charge is 0.147 e. The summed E-state index contributed by atoms with van der Waals surface area (Å²) in [4.78, 5) is 0. The molecule has 1 aromatic carbocycles. The second kappa shape index (κ2) is 16.0. The average Bonchev–Trinajstić information content (AvgIpc) is 3.16. The molecule has 0 fully saturated rings. The summed E-state index contributed by atoms with van der Waals surface area (Å²) in [5.74, 6) is 1.20. The van der Waals surface area contributed by atoms with Crippen molar-refractivity contribution in [1.82, 2.24) is 0 Å². The van der Waals surface area contributed by atoms with E-state index in [0.29, 0.717) is 0 Å². The second-order valence-electron chi connectivity index (χ2n) is 10.3. The minimum Gasteiger partial charge on any atom is -0.147 e. The van der Waals surface area contributed by atoms with Crippen molar-refractivity contribution < 1.29 is 20.8 Å². The fourth-order valence-electron chi connectivity index (χ4n) is 4.33. The van der Waals surface area contributed by atoms with Gasteiger partial charge in [0.05, 0.1) is 0 Å². The van der Waals surface area contributed by atoms with E-state index in [4.69, 9.17) is 3.32 Å². The van der Waals surface area contributed by atoms with Crippen molar-refractivity contribution in [2.24, 2.45) is 0 Å². The molecule has 0 atom stereocenters. The van der Waals surface area contributed by atoms with Crippen LogP contribution < -0.4 is 3.32 Å². The third-order valence-corrected chi connectivity index (χ3v) is 18.7. The van der Waals surface area contributed by atoms with Gasteiger partial charge in [0.15, 0.2) is 0 Å². The summed E-state index contributed by atoms with van der Waals surface area (Å²) in [6, 6.07) is 7.24. The van der Waals surface area contributed by atoms with Crippen molar-refractivity contribution >= 4 is 39.6 Å². The molecule has 2 rings (SSSR count). The number of allylic oxidation sites excluding steroid dienone is 4. The van der Waals surface area contributed by atoms with Gasteiger partial charge in [-0.3, -0.25) is 0 Å². The largest absolute Gasteiger partial charge is 0.147 e. The quantitative estimate of drug-likeness (QED) is 0.176. The Balaban J connectivity index is 0.00000480. The summed E-state index contributed by atoms with van der Waals surface area (Å²) in [6.45, 7) is 16.3. The standard InChI is InChI=1S/C16H26O.C8H13Si.C2H7Si.2ClH.Ti/c1-3-5-7-9-14-11-15(10-8-6-4-2)13-16(17)12-14;1-9(2,3)8-6-4-5-7-8;1-3-2;;;/h11-13,17H,3-10H2,1-2H3;4,6H,5H2,1-3H3;3H,1-2H3;2*1H;/q;;;;;+1/p-1. The van der Waals surface area contributed by atoms with Crippen LogP contribution in [0.5, 0.6) is 5.75 Å². The van der Waals surface area contributed by atoms with Crippen LogP contribution in [0.15, 0.2) is 39.4 Å². The Bertz CT molecular complexity index is 714. The molecule has 1 aliphatic carbocycles. The molecule has 0 radical (unpaired) electrons. The minimum atomic E-state index is -1.70. The van der Waals surface area contributed by atoms with Gasteiger partial charge in [0.1, 0.15) is 0 Å². The Morgan fingerprint density at radius 2 is 1.41 bits per heavy atom. The van der Waals surface area contributed by atoms with Crippen molar-refractivity contribution in [3.63, 3.8) is 0 Å². The number of aryl methyl sites for hydroxylation is 2. The van der Waals surface area contributed by atoms with E-state index in [1.54, 1.807) is 9.07 Å². The zero-order chi connectivity index (χ0) is 22.1. The number of rotatable bonds is 13. The van der Waals surface area contributed by atoms with Crippen LogP contribution in [0.2, 0.25) is 32.7 Å². The molecule has 1 nitrogen and oxygen atoms in total. The van der Waals surface area contributed by atoms with Gasteiger partial charge < -0.3 is 0 Å². The van der Waals surface area contributed by atoms with Crippen LogP contribution in [0, 0.1) is 0 Å². The van der Waals surface area contributed by atoms with E-state index in [2.05, 4.69) is 76.9 Å². The second-order valence-corrected chi connectivity index (χ2v) is 27.6. The fourth-order valence-corrected chi connectivity index (χ4v) is 17.6. The molecule has 0 aromatic heterocycles. The maximum atomic E-state index is 7.03. The molecule has 32 heavy (non-hydrogen) atoms. The predicted molar refractivity (Wildman–Crippen MR) is 151 cm³/mol. The first-order valence-electron chi connectivity index (χ1n) is 12.3. The first-order chi connectivity index (χ1) is 14.3.